The number of aliphatic hydroxyl groups is 1. The average Bonchev–Trinajstić information content (AvgIpc) is 2.45. The van der Waals surface area contributed by atoms with Crippen molar-refractivity contribution in [2.75, 3.05) is 0 Å². The molecule has 1 heteroatoms. The molecule has 0 aromatic heterocycles. The summed E-state index contributed by atoms with van der Waals surface area (Å²) in [6.07, 6.45) is 5.13. The van der Waals surface area contributed by atoms with Crippen LogP contribution in [0.4, 0.5) is 0 Å². The van der Waals surface area contributed by atoms with Crippen LogP contribution in [-0.4, -0.2) is 11.2 Å². The maximum Gasteiger partial charge on any atom is 0.0571 e. The summed E-state index contributed by atoms with van der Waals surface area (Å²) in [7, 11) is 0. The molecule has 46 valence electrons. The van der Waals surface area contributed by atoms with E-state index in [9.17, 15) is 5.11 Å². The van der Waals surface area contributed by atoms with Crippen molar-refractivity contribution < 1.29 is 5.11 Å². The topological polar surface area (TPSA) is 20.2 Å². The lowest BCUT2D eigenvalue weighted by atomic mass is 9.98. The van der Waals surface area contributed by atoms with Gasteiger partial charge in [-0.25, -0.2) is 0 Å². The van der Waals surface area contributed by atoms with E-state index in [0.29, 0.717) is 0 Å². The Labute approximate surface area is 49.7 Å². The third-order valence-corrected chi connectivity index (χ3v) is 2.55. The van der Waals surface area contributed by atoms with E-state index in [1.807, 2.05) is 0 Å². The molecular weight excluding hydrogens is 100 g/mol. The third kappa shape index (κ3) is 0.576. The molecule has 1 N–H and O–H groups in total. The summed E-state index contributed by atoms with van der Waals surface area (Å²) < 4.78 is 0. The molecule has 0 amide bonds. The molecule has 0 radical (unpaired) electrons. The molecule has 1 unspecified atom stereocenters. The summed E-state index contributed by atoms with van der Waals surface area (Å²) in [6, 6.07) is 0. The minimum absolute atomic E-state index is 0.0775. The van der Waals surface area contributed by atoms with Gasteiger partial charge in [-0.15, -0.1) is 0 Å². The highest BCUT2D eigenvalue weighted by molar-refractivity contribution is 4.94. The van der Waals surface area contributed by atoms with Crippen LogP contribution in [-0.2, 0) is 0 Å². The van der Waals surface area contributed by atoms with Crippen molar-refractivity contribution in [3.63, 3.8) is 0 Å². The minimum atomic E-state index is 0.0775. The van der Waals surface area contributed by atoms with Crippen molar-refractivity contribution >= 4 is 0 Å². The molecule has 1 nitrogen and oxygen atoms in total. The maximum absolute atomic E-state index is 9.22. The Kier molecular flexibility index (Phi) is 0.884. The van der Waals surface area contributed by atoms with Crippen LogP contribution in [0.15, 0.2) is 0 Å². The molecule has 3 atom stereocenters. The fraction of sp³-hybridized carbons (Fsp3) is 1.00. The Hall–Kier alpha value is -0.0400. The van der Waals surface area contributed by atoms with Gasteiger partial charge in [-0.1, -0.05) is 6.42 Å². The van der Waals surface area contributed by atoms with Crippen LogP contribution in [0.3, 0.4) is 0 Å². The minimum Gasteiger partial charge on any atom is -0.393 e. The Morgan fingerprint density at radius 3 is 2.75 bits per heavy atom. The zero-order chi connectivity index (χ0) is 5.56. The van der Waals surface area contributed by atoms with Gasteiger partial charge in [-0.3, -0.25) is 0 Å². The number of aliphatic hydroxyl groups excluding tert-OH is 1. The maximum atomic E-state index is 9.22. The van der Waals surface area contributed by atoms with E-state index < -0.39 is 0 Å². The zero-order valence-corrected chi connectivity index (χ0v) is 5.01. The Balaban J connectivity index is 1.99. The second-order valence-corrected chi connectivity index (χ2v) is 3.16. The summed E-state index contributed by atoms with van der Waals surface area (Å²) in [5.74, 6) is 1.66. The van der Waals surface area contributed by atoms with Crippen LogP contribution < -0.4 is 0 Å². The molecule has 2 aliphatic carbocycles. The molecule has 0 spiro atoms. The average molecular weight is 112 g/mol. The van der Waals surface area contributed by atoms with Crippen LogP contribution in [0.1, 0.15) is 25.7 Å². The first-order chi connectivity index (χ1) is 3.88. The van der Waals surface area contributed by atoms with Crippen molar-refractivity contribution in [3.8, 4) is 0 Å². The number of hydrogen-bond acceptors (Lipinski definition) is 1. The van der Waals surface area contributed by atoms with Gasteiger partial charge in [-0.2, -0.15) is 0 Å². The largest absolute Gasteiger partial charge is 0.393 e. The van der Waals surface area contributed by atoms with Gasteiger partial charge in [-0.05, 0) is 31.1 Å². The van der Waals surface area contributed by atoms with Crippen LogP contribution in [0.25, 0.3) is 0 Å². The predicted molar refractivity (Wildman–Crippen MR) is 31.5 cm³/mol. The van der Waals surface area contributed by atoms with Gasteiger partial charge in [0, 0.05) is 0 Å². The summed E-state index contributed by atoms with van der Waals surface area (Å²) >= 11 is 0. The molecule has 0 aromatic carbocycles. The van der Waals surface area contributed by atoms with E-state index in [4.69, 9.17) is 0 Å². The van der Waals surface area contributed by atoms with Crippen molar-refractivity contribution in [1.82, 2.24) is 0 Å². The molecule has 2 saturated carbocycles. The van der Waals surface area contributed by atoms with Gasteiger partial charge in [0.15, 0.2) is 0 Å². The predicted octanol–water partition coefficient (Wildman–Crippen LogP) is 1.17. The normalized spacial score (nSPS) is 52.9. The van der Waals surface area contributed by atoms with Gasteiger partial charge < -0.3 is 5.11 Å². The molecule has 0 heterocycles. The molecule has 0 aromatic rings. The highest BCUT2D eigenvalue weighted by atomic mass is 16.3. The highest BCUT2D eigenvalue weighted by Crippen LogP contribution is 2.49. The quantitative estimate of drug-likeness (QED) is 0.498. The monoisotopic (exact) mass is 112 g/mol. The van der Waals surface area contributed by atoms with E-state index in [0.717, 1.165) is 18.3 Å². The molecule has 0 bridgehead atoms. The molecule has 2 rings (SSSR count). The van der Waals surface area contributed by atoms with Crippen LogP contribution >= 0.6 is 0 Å². The fourth-order valence-electron chi connectivity index (χ4n) is 1.88. The number of hydrogen-bond donors (Lipinski definition) is 1. The van der Waals surface area contributed by atoms with E-state index >= 15 is 0 Å². The van der Waals surface area contributed by atoms with E-state index in [1.54, 1.807) is 0 Å². The van der Waals surface area contributed by atoms with E-state index in [2.05, 4.69) is 0 Å². The summed E-state index contributed by atoms with van der Waals surface area (Å²) in [4.78, 5) is 0. The van der Waals surface area contributed by atoms with Gasteiger partial charge in [0.25, 0.3) is 0 Å². The highest BCUT2D eigenvalue weighted by Gasteiger charge is 2.44. The first kappa shape index (κ1) is 4.80. The Morgan fingerprint density at radius 2 is 2.12 bits per heavy atom. The first-order valence-electron chi connectivity index (χ1n) is 3.56. The van der Waals surface area contributed by atoms with Gasteiger partial charge in [0.1, 0.15) is 0 Å². The lowest BCUT2D eigenvalue weighted by Crippen LogP contribution is -2.14. The second-order valence-electron chi connectivity index (χ2n) is 3.16. The number of rotatable bonds is 0. The standard InChI is InChI=1S/C7H12O/c8-7-3-1-2-5-4-6(5)7/h5-8H,1-4H2/t5-,6-,7?/m1/s1. The summed E-state index contributed by atoms with van der Waals surface area (Å²) in [6.45, 7) is 0. The Morgan fingerprint density at radius 1 is 1.25 bits per heavy atom. The molecule has 0 saturated heterocycles. The molecule has 2 aliphatic rings. The number of fused-ring (bicyclic) bond motifs is 1. The SMILES string of the molecule is OC1CCC[C@@H]2C[C@@H]12. The third-order valence-electron chi connectivity index (χ3n) is 2.55. The van der Waals surface area contributed by atoms with Crippen molar-refractivity contribution in [2.45, 2.75) is 31.8 Å². The summed E-state index contributed by atoms with van der Waals surface area (Å²) in [5, 5.41) is 9.22. The zero-order valence-electron chi connectivity index (χ0n) is 5.01. The van der Waals surface area contributed by atoms with Crippen LogP contribution in [0.5, 0.6) is 0 Å². The molecule has 0 aliphatic heterocycles. The van der Waals surface area contributed by atoms with Crippen LogP contribution in [0.2, 0.25) is 0 Å². The van der Waals surface area contributed by atoms with Crippen molar-refractivity contribution in [3.05, 3.63) is 0 Å². The van der Waals surface area contributed by atoms with E-state index in [-0.39, 0.29) is 6.10 Å². The molecular formula is C7H12O. The lowest BCUT2D eigenvalue weighted by molar-refractivity contribution is 0.116. The second kappa shape index (κ2) is 1.47. The van der Waals surface area contributed by atoms with Gasteiger partial charge in [0.05, 0.1) is 6.10 Å². The van der Waals surface area contributed by atoms with E-state index in [1.165, 1.54) is 19.3 Å². The Bertz CT molecular complexity index is 101. The molecule has 2 fully saturated rings. The fourth-order valence-corrected chi connectivity index (χ4v) is 1.88. The van der Waals surface area contributed by atoms with Crippen molar-refractivity contribution in [1.29, 1.82) is 0 Å². The lowest BCUT2D eigenvalue weighted by Gasteiger charge is -2.14. The van der Waals surface area contributed by atoms with Gasteiger partial charge in [0.2, 0.25) is 0 Å². The smallest absolute Gasteiger partial charge is 0.0571 e. The summed E-state index contributed by atoms with van der Waals surface area (Å²) in [5.41, 5.74) is 0. The molecule has 8 heavy (non-hydrogen) atoms. The van der Waals surface area contributed by atoms with Crippen molar-refractivity contribution in [2.24, 2.45) is 11.8 Å². The van der Waals surface area contributed by atoms with Gasteiger partial charge >= 0.3 is 0 Å². The first-order valence-corrected chi connectivity index (χ1v) is 3.56. The van der Waals surface area contributed by atoms with Crippen LogP contribution in [0, 0.1) is 11.8 Å².